The molecule has 0 spiro atoms. The number of hydrogen-bond acceptors (Lipinski definition) is 3. The second-order valence-electron chi connectivity index (χ2n) is 4.36. The number of hydrogen-bond donors (Lipinski definition) is 1. The molecule has 2 aromatic carbocycles. The molecule has 0 aliphatic carbocycles. The molecule has 0 bridgehead atoms. The number of rotatable bonds is 5. The third-order valence-electron chi connectivity index (χ3n) is 2.81. The Morgan fingerprint density at radius 3 is 2.17 bits per heavy atom. The molecule has 2 rings (SSSR count). The quantitative estimate of drug-likeness (QED) is 0.482. The Balaban J connectivity index is 2.02. The van der Waals surface area contributed by atoms with Crippen molar-refractivity contribution >= 4 is 69.8 Å². The summed E-state index contributed by atoms with van der Waals surface area (Å²) in [5, 5.41) is 3.39. The van der Waals surface area contributed by atoms with Gasteiger partial charge in [0.25, 0.3) is 0 Å². The van der Waals surface area contributed by atoms with E-state index in [0.717, 1.165) is 10.6 Å². The molecule has 0 aliphatic rings. The largest absolute Gasteiger partial charge is 0.497 e. The maximum atomic E-state index is 12.1. The van der Waals surface area contributed by atoms with Crippen molar-refractivity contribution in [3.05, 3.63) is 50.4 Å². The third kappa shape index (κ3) is 4.85. The molecule has 0 atom stereocenters. The minimum absolute atomic E-state index is 0.156. The van der Waals surface area contributed by atoms with E-state index in [9.17, 15) is 4.79 Å². The maximum Gasteiger partial charge on any atom is 0.234 e. The Morgan fingerprint density at radius 1 is 1.09 bits per heavy atom. The number of methoxy groups -OCH3 is 1. The van der Waals surface area contributed by atoms with E-state index in [2.05, 4.69) is 5.32 Å². The number of ether oxygens (including phenoxy) is 1. The SMILES string of the molecule is COc1ccc(SCC(=O)Nc2c(Cl)c(Cl)cc(Cl)c2Cl)cc1. The van der Waals surface area contributed by atoms with Crippen molar-refractivity contribution in [1.29, 1.82) is 0 Å². The lowest BCUT2D eigenvalue weighted by molar-refractivity contribution is -0.113. The number of anilines is 1. The molecule has 122 valence electrons. The van der Waals surface area contributed by atoms with Crippen molar-refractivity contribution < 1.29 is 9.53 Å². The van der Waals surface area contributed by atoms with Crippen LogP contribution in [0.25, 0.3) is 0 Å². The van der Waals surface area contributed by atoms with Crippen LogP contribution in [0.5, 0.6) is 5.75 Å². The maximum absolute atomic E-state index is 12.1. The fourth-order valence-electron chi connectivity index (χ4n) is 1.68. The average Bonchev–Trinajstić information content (AvgIpc) is 2.55. The predicted molar refractivity (Wildman–Crippen MR) is 98.8 cm³/mol. The first kappa shape index (κ1) is 18.6. The second kappa shape index (κ2) is 8.36. The van der Waals surface area contributed by atoms with Gasteiger partial charge in [0.05, 0.1) is 38.6 Å². The molecule has 0 unspecified atom stereocenters. The molecular weight excluding hydrogens is 400 g/mol. The first-order valence-corrected chi connectivity index (χ1v) is 8.81. The van der Waals surface area contributed by atoms with Gasteiger partial charge in [0.15, 0.2) is 0 Å². The van der Waals surface area contributed by atoms with E-state index >= 15 is 0 Å². The summed E-state index contributed by atoms with van der Waals surface area (Å²) in [4.78, 5) is 13.0. The predicted octanol–water partition coefficient (Wildman–Crippen LogP) is 6.04. The zero-order valence-corrected chi connectivity index (χ0v) is 15.7. The van der Waals surface area contributed by atoms with Gasteiger partial charge in [-0.1, -0.05) is 46.4 Å². The van der Waals surface area contributed by atoms with Gasteiger partial charge in [-0.05, 0) is 30.3 Å². The number of nitrogens with one attached hydrogen (secondary N) is 1. The smallest absolute Gasteiger partial charge is 0.234 e. The van der Waals surface area contributed by atoms with Crippen LogP contribution >= 0.6 is 58.2 Å². The topological polar surface area (TPSA) is 38.3 Å². The molecule has 0 saturated heterocycles. The van der Waals surface area contributed by atoms with Crippen LogP contribution in [0.15, 0.2) is 35.2 Å². The van der Waals surface area contributed by atoms with Crippen LogP contribution in [-0.4, -0.2) is 18.8 Å². The van der Waals surface area contributed by atoms with Crippen LogP contribution in [-0.2, 0) is 4.79 Å². The highest BCUT2D eigenvalue weighted by Crippen LogP contribution is 2.41. The fraction of sp³-hybridized carbons (Fsp3) is 0.133. The van der Waals surface area contributed by atoms with Gasteiger partial charge in [0.2, 0.25) is 5.91 Å². The van der Waals surface area contributed by atoms with Crippen LogP contribution in [0.4, 0.5) is 5.69 Å². The standard InChI is InChI=1S/C15H11Cl4NO2S/c1-22-8-2-4-9(5-3-8)23-7-12(21)20-15-13(18)10(16)6-11(17)14(15)19/h2-6H,7H2,1H3,(H,20,21). The highest BCUT2D eigenvalue weighted by atomic mass is 35.5. The molecule has 8 heteroatoms. The summed E-state index contributed by atoms with van der Waals surface area (Å²) in [6, 6.07) is 8.81. The van der Waals surface area contributed by atoms with Gasteiger partial charge >= 0.3 is 0 Å². The molecule has 0 saturated carbocycles. The first-order chi connectivity index (χ1) is 10.9. The molecule has 1 amide bonds. The molecule has 23 heavy (non-hydrogen) atoms. The Morgan fingerprint density at radius 2 is 1.65 bits per heavy atom. The van der Waals surface area contributed by atoms with Gasteiger partial charge in [-0.3, -0.25) is 4.79 Å². The van der Waals surface area contributed by atoms with Crippen LogP contribution in [0.3, 0.4) is 0 Å². The van der Waals surface area contributed by atoms with E-state index in [4.69, 9.17) is 51.1 Å². The molecule has 1 N–H and O–H groups in total. The molecule has 0 fully saturated rings. The van der Waals surface area contributed by atoms with Gasteiger partial charge in [-0.25, -0.2) is 0 Å². The number of carbonyl (C=O) groups is 1. The van der Waals surface area contributed by atoms with E-state index in [0.29, 0.717) is 0 Å². The lowest BCUT2D eigenvalue weighted by Crippen LogP contribution is -2.14. The molecule has 0 heterocycles. The fourth-order valence-corrected chi connectivity index (χ4v) is 3.28. The summed E-state index contributed by atoms with van der Waals surface area (Å²) in [5.41, 5.74) is 0.214. The van der Waals surface area contributed by atoms with Crippen LogP contribution in [0.1, 0.15) is 0 Å². The van der Waals surface area contributed by atoms with Gasteiger partial charge in [0, 0.05) is 4.90 Å². The monoisotopic (exact) mass is 409 g/mol. The van der Waals surface area contributed by atoms with Crippen molar-refractivity contribution in [3.8, 4) is 5.75 Å². The van der Waals surface area contributed by atoms with E-state index in [1.807, 2.05) is 24.3 Å². The first-order valence-electron chi connectivity index (χ1n) is 6.32. The minimum Gasteiger partial charge on any atom is -0.497 e. The molecule has 2 aromatic rings. The number of thioether (sulfide) groups is 1. The highest BCUT2D eigenvalue weighted by Gasteiger charge is 2.16. The zero-order chi connectivity index (χ0) is 17.0. The van der Waals surface area contributed by atoms with Crippen molar-refractivity contribution in [2.24, 2.45) is 0 Å². The van der Waals surface area contributed by atoms with Crippen LogP contribution in [0.2, 0.25) is 20.1 Å². The Hall–Kier alpha value is -0.780. The van der Waals surface area contributed by atoms with Crippen molar-refractivity contribution in [3.63, 3.8) is 0 Å². The van der Waals surface area contributed by atoms with Crippen molar-refractivity contribution in [1.82, 2.24) is 0 Å². The van der Waals surface area contributed by atoms with E-state index in [1.165, 1.54) is 17.8 Å². The van der Waals surface area contributed by atoms with Gasteiger partial charge in [-0.15, -0.1) is 11.8 Å². The summed E-state index contributed by atoms with van der Waals surface area (Å²) in [7, 11) is 1.60. The summed E-state index contributed by atoms with van der Waals surface area (Å²) in [5.74, 6) is 0.669. The number of halogens is 4. The van der Waals surface area contributed by atoms with E-state index in [1.54, 1.807) is 7.11 Å². The number of carbonyl (C=O) groups excluding carboxylic acids is 1. The van der Waals surface area contributed by atoms with Crippen molar-refractivity contribution in [2.45, 2.75) is 4.90 Å². The second-order valence-corrected chi connectivity index (χ2v) is 6.97. The molecule has 0 radical (unpaired) electrons. The van der Waals surface area contributed by atoms with E-state index in [-0.39, 0.29) is 37.4 Å². The summed E-state index contributed by atoms with van der Waals surface area (Å²) < 4.78 is 5.08. The third-order valence-corrected chi connectivity index (χ3v) is 5.39. The molecule has 0 aromatic heterocycles. The van der Waals surface area contributed by atoms with Gasteiger partial charge in [0.1, 0.15) is 5.75 Å². The summed E-state index contributed by atoms with van der Waals surface area (Å²) in [6.45, 7) is 0. The molecule has 0 aliphatic heterocycles. The van der Waals surface area contributed by atoms with Crippen LogP contribution < -0.4 is 10.1 Å². The molecule has 3 nitrogen and oxygen atoms in total. The lowest BCUT2D eigenvalue weighted by Gasteiger charge is -2.11. The van der Waals surface area contributed by atoms with E-state index < -0.39 is 0 Å². The lowest BCUT2D eigenvalue weighted by atomic mass is 10.3. The van der Waals surface area contributed by atoms with Gasteiger partial charge < -0.3 is 10.1 Å². The van der Waals surface area contributed by atoms with Gasteiger partial charge in [-0.2, -0.15) is 0 Å². The number of benzene rings is 2. The average molecular weight is 411 g/mol. The minimum atomic E-state index is -0.270. The zero-order valence-electron chi connectivity index (χ0n) is 11.8. The summed E-state index contributed by atoms with van der Waals surface area (Å²) >= 11 is 25.3. The Labute approximate surface area is 158 Å². The number of amides is 1. The van der Waals surface area contributed by atoms with Crippen LogP contribution in [0, 0.1) is 0 Å². The highest BCUT2D eigenvalue weighted by molar-refractivity contribution is 8.00. The molecular formula is C15H11Cl4NO2S. The normalized spacial score (nSPS) is 10.5. The van der Waals surface area contributed by atoms with Crippen molar-refractivity contribution in [2.75, 3.05) is 18.2 Å². The Kier molecular flexibility index (Phi) is 6.74. The Bertz CT molecular complexity index is 696. The summed E-state index contributed by atoms with van der Waals surface area (Å²) in [6.07, 6.45) is 0.